The lowest BCUT2D eigenvalue weighted by Gasteiger charge is -2.23. The van der Waals surface area contributed by atoms with Crippen molar-refractivity contribution in [3.8, 4) is 0 Å². The summed E-state index contributed by atoms with van der Waals surface area (Å²) in [6.07, 6.45) is 2.27. The molecule has 2 heterocycles. The smallest absolute Gasteiger partial charge is 0.227 e. The van der Waals surface area contributed by atoms with E-state index in [1.165, 1.54) is 0 Å². The lowest BCUT2D eigenvalue weighted by Crippen LogP contribution is -2.36. The van der Waals surface area contributed by atoms with E-state index in [4.69, 9.17) is 17.3 Å². The number of aryl methyl sites for hydroxylation is 1. The minimum Gasteiger partial charge on any atom is -0.337 e. The maximum atomic E-state index is 5.91. The van der Waals surface area contributed by atoms with Crippen LogP contribution in [0.25, 0.3) is 0 Å². The van der Waals surface area contributed by atoms with Crippen molar-refractivity contribution in [3.05, 3.63) is 16.9 Å². The van der Waals surface area contributed by atoms with Crippen LogP contribution in [0.4, 0.5) is 5.95 Å². The van der Waals surface area contributed by atoms with Crippen LogP contribution in [0.15, 0.2) is 6.07 Å². The molecule has 1 fully saturated rings. The normalized spacial score (nSPS) is 19.7. The Morgan fingerprint density at radius 2 is 2.31 bits per heavy atom. The molecule has 1 aliphatic rings. The molecular formula is C10H16Cl2N4. The average Bonchev–Trinajstić information content (AvgIpc) is 2.63. The summed E-state index contributed by atoms with van der Waals surface area (Å²) in [4.78, 5) is 10.8. The topological polar surface area (TPSA) is 55.0 Å². The van der Waals surface area contributed by atoms with Crippen LogP contribution in [0.5, 0.6) is 0 Å². The Kier molecular flexibility index (Phi) is 4.77. The molecule has 4 nitrogen and oxygen atoms in total. The van der Waals surface area contributed by atoms with Gasteiger partial charge in [-0.2, -0.15) is 0 Å². The highest BCUT2D eigenvalue weighted by Crippen LogP contribution is 2.23. The zero-order valence-corrected chi connectivity index (χ0v) is 10.8. The van der Waals surface area contributed by atoms with Crippen LogP contribution in [-0.2, 0) is 0 Å². The zero-order valence-electron chi connectivity index (χ0n) is 9.19. The van der Waals surface area contributed by atoms with E-state index in [2.05, 4.69) is 14.9 Å². The molecule has 2 N–H and O–H groups in total. The molecule has 1 unspecified atom stereocenters. The molecule has 0 amide bonds. The van der Waals surface area contributed by atoms with Crippen molar-refractivity contribution in [2.24, 2.45) is 5.73 Å². The van der Waals surface area contributed by atoms with Gasteiger partial charge in [-0.05, 0) is 25.8 Å². The number of halogens is 2. The predicted octanol–water partition coefficient (Wildman–Crippen LogP) is 1.79. The summed E-state index contributed by atoms with van der Waals surface area (Å²) < 4.78 is 0. The van der Waals surface area contributed by atoms with Gasteiger partial charge in [-0.1, -0.05) is 11.6 Å². The van der Waals surface area contributed by atoms with Crippen LogP contribution >= 0.6 is 24.0 Å². The highest BCUT2D eigenvalue weighted by atomic mass is 35.5. The summed E-state index contributed by atoms with van der Waals surface area (Å²) in [6, 6.07) is 2.13. The summed E-state index contributed by atoms with van der Waals surface area (Å²) >= 11 is 5.91. The summed E-state index contributed by atoms with van der Waals surface area (Å²) in [5, 5.41) is 0.500. The first-order valence-electron chi connectivity index (χ1n) is 5.18. The van der Waals surface area contributed by atoms with E-state index < -0.39 is 0 Å². The second-order valence-electron chi connectivity index (χ2n) is 3.86. The number of rotatable bonds is 2. The first-order valence-corrected chi connectivity index (χ1v) is 5.56. The summed E-state index contributed by atoms with van der Waals surface area (Å²) in [6.45, 7) is 3.54. The Morgan fingerprint density at radius 3 is 2.94 bits per heavy atom. The SMILES string of the molecule is Cc1cc(Cl)nc(N2CCCC2CN)n1.Cl. The van der Waals surface area contributed by atoms with Crippen LogP contribution in [0.3, 0.4) is 0 Å². The molecule has 90 valence electrons. The first kappa shape index (κ1) is 13.5. The zero-order chi connectivity index (χ0) is 10.8. The van der Waals surface area contributed by atoms with E-state index in [-0.39, 0.29) is 12.4 Å². The molecule has 0 aromatic carbocycles. The van der Waals surface area contributed by atoms with Gasteiger partial charge in [-0.25, -0.2) is 9.97 Å². The van der Waals surface area contributed by atoms with Crippen molar-refractivity contribution in [3.63, 3.8) is 0 Å². The van der Waals surface area contributed by atoms with Crippen LogP contribution in [0, 0.1) is 6.92 Å². The number of hydrogen-bond donors (Lipinski definition) is 1. The van der Waals surface area contributed by atoms with Gasteiger partial charge in [0.25, 0.3) is 0 Å². The Morgan fingerprint density at radius 1 is 1.56 bits per heavy atom. The minimum absolute atomic E-state index is 0. The Bertz CT molecular complexity index is 338. The molecule has 6 heteroatoms. The van der Waals surface area contributed by atoms with Gasteiger partial charge in [-0.3, -0.25) is 0 Å². The summed E-state index contributed by atoms with van der Waals surface area (Å²) in [7, 11) is 0. The summed E-state index contributed by atoms with van der Waals surface area (Å²) in [5.74, 6) is 0.716. The molecule has 0 spiro atoms. The van der Waals surface area contributed by atoms with E-state index in [0.717, 1.165) is 25.1 Å². The molecule has 0 aliphatic carbocycles. The number of nitrogens with two attached hydrogens (primary N) is 1. The van der Waals surface area contributed by atoms with Crippen molar-refractivity contribution in [1.82, 2.24) is 9.97 Å². The fraction of sp³-hybridized carbons (Fsp3) is 0.600. The third-order valence-electron chi connectivity index (χ3n) is 2.72. The molecule has 1 atom stereocenters. The Labute approximate surface area is 107 Å². The van der Waals surface area contributed by atoms with Gasteiger partial charge in [0.1, 0.15) is 5.15 Å². The average molecular weight is 263 g/mol. The fourth-order valence-electron chi connectivity index (χ4n) is 1.99. The molecule has 1 aromatic rings. The minimum atomic E-state index is 0. The lowest BCUT2D eigenvalue weighted by atomic mass is 10.2. The van der Waals surface area contributed by atoms with Gasteiger partial charge in [0.05, 0.1) is 0 Å². The highest BCUT2D eigenvalue weighted by molar-refractivity contribution is 6.29. The van der Waals surface area contributed by atoms with E-state index in [1.54, 1.807) is 6.07 Å². The van der Waals surface area contributed by atoms with Crippen molar-refractivity contribution >= 4 is 30.0 Å². The van der Waals surface area contributed by atoms with E-state index in [9.17, 15) is 0 Å². The van der Waals surface area contributed by atoms with E-state index >= 15 is 0 Å². The highest BCUT2D eigenvalue weighted by Gasteiger charge is 2.25. The first-order chi connectivity index (χ1) is 7.20. The molecule has 1 saturated heterocycles. The maximum absolute atomic E-state index is 5.91. The fourth-order valence-corrected chi connectivity index (χ4v) is 2.22. The second-order valence-corrected chi connectivity index (χ2v) is 4.24. The molecule has 0 radical (unpaired) electrons. The second kappa shape index (κ2) is 5.66. The van der Waals surface area contributed by atoms with Crippen molar-refractivity contribution in [2.75, 3.05) is 18.0 Å². The summed E-state index contributed by atoms with van der Waals surface area (Å²) in [5.41, 5.74) is 6.60. The largest absolute Gasteiger partial charge is 0.337 e. The molecule has 16 heavy (non-hydrogen) atoms. The van der Waals surface area contributed by atoms with Crippen molar-refractivity contribution in [2.45, 2.75) is 25.8 Å². The molecule has 2 rings (SSSR count). The van der Waals surface area contributed by atoms with Crippen LogP contribution in [-0.4, -0.2) is 29.1 Å². The Balaban J connectivity index is 0.00000128. The monoisotopic (exact) mass is 262 g/mol. The number of aromatic nitrogens is 2. The van der Waals surface area contributed by atoms with Gasteiger partial charge >= 0.3 is 0 Å². The Hall–Kier alpha value is -0.580. The van der Waals surface area contributed by atoms with Crippen molar-refractivity contribution in [1.29, 1.82) is 0 Å². The van der Waals surface area contributed by atoms with E-state index in [1.807, 2.05) is 6.92 Å². The number of hydrogen-bond acceptors (Lipinski definition) is 4. The van der Waals surface area contributed by atoms with Gasteiger partial charge in [0.15, 0.2) is 0 Å². The molecule has 0 bridgehead atoms. The third-order valence-corrected chi connectivity index (χ3v) is 2.91. The molecule has 0 saturated carbocycles. The van der Waals surface area contributed by atoms with Crippen LogP contribution in [0.1, 0.15) is 18.5 Å². The van der Waals surface area contributed by atoms with Gasteiger partial charge in [0, 0.05) is 24.8 Å². The van der Waals surface area contributed by atoms with E-state index in [0.29, 0.717) is 23.7 Å². The van der Waals surface area contributed by atoms with Crippen LogP contribution in [0.2, 0.25) is 5.15 Å². The predicted molar refractivity (Wildman–Crippen MR) is 68.4 cm³/mol. The third kappa shape index (κ3) is 2.75. The van der Waals surface area contributed by atoms with Crippen molar-refractivity contribution < 1.29 is 0 Å². The molecule has 1 aromatic heterocycles. The van der Waals surface area contributed by atoms with Gasteiger partial charge < -0.3 is 10.6 Å². The lowest BCUT2D eigenvalue weighted by molar-refractivity contribution is 0.663. The van der Waals surface area contributed by atoms with Gasteiger partial charge in [-0.15, -0.1) is 12.4 Å². The molecule has 1 aliphatic heterocycles. The quantitative estimate of drug-likeness (QED) is 0.826. The molecular weight excluding hydrogens is 247 g/mol. The standard InChI is InChI=1S/C10H15ClN4.ClH/c1-7-5-9(11)14-10(13-7)15-4-2-3-8(15)6-12;/h5,8H,2-4,6,12H2,1H3;1H. The number of anilines is 1. The van der Waals surface area contributed by atoms with Gasteiger partial charge in [0.2, 0.25) is 5.95 Å². The van der Waals surface area contributed by atoms with Crippen LogP contribution < -0.4 is 10.6 Å². The number of nitrogens with zero attached hydrogens (tertiary/aromatic N) is 3. The maximum Gasteiger partial charge on any atom is 0.227 e.